The van der Waals surface area contributed by atoms with Crippen LogP contribution in [0, 0.1) is 0 Å². The van der Waals surface area contributed by atoms with Crippen LogP contribution in [0.15, 0.2) is 23.1 Å². The molecular formula is C19H28NNa2O6S2+. The molecule has 2 rings (SSSR count). The second kappa shape index (κ2) is 14.3. The molecule has 1 aromatic carbocycles. The molecule has 0 radical (unpaired) electrons. The largest absolute Gasteiger partial charge is 1.00 e. The van der Waals surface area contributed by atoms with Crippen LogP contribution in [-0.2, 0) is 24.9 Å². The fourth-order valence-corrected chi connectivity index (χ4v) is 4.77. The molecule has 1 aromatic rings. The second-order valence-corrected chi connectivity index (χ2v) is 9.69. The first kappa shape index (κ1) is 31.0. The van der Waals surface area contributed by atoms with Crippen molar-refractivity contribution in [3.63, 3.8) is 0 Å². The zero-order valence-corrected chi connectivity index (χ0v) is 24.2. The van der Waals surface area contributed by atoms with Crippen molar-refractivity contribution < 1.29 is 91.3 Å². The van der Waals surface area contributed by atoms with Gasteiger partial charge in [0.25, 0.3) is 0 Å². The van der Waals surface area contributed by atoms with Gasteiger partial charge >= 0.3 is 59.1 Å². The van der Waals surface area contributed by atoms with Crippen LogP contribution in [0.25, 0.3) is 0 Å². The van der Waals surface area contributed by atoms with E-state index in [1.807, 2.05) is 18.2 Å². The van der Waals surface area contributed by atoms with Crippen LogP contribution in [0.1, 0.15) is 64.9 Å². The summed E-state index contributed by atoms with van der Waals surface area (Å²) in [6, 6.07) is 5.80. The molecule has 11 heteroatoms. The summed E-state index contributed by atoms with van der Waals surface area (Å²) in [5.41, 5.74) is 2.88. The van der Waals surface area contributed by atoms with Gasteiger partial charge in [-0.2, -0.15) is 8.91 Å². The Balaban J connectivity index is 0.00000420. The zero-order chi connectivity index (χ0) is 20.8. The average Bonchev–Trinajstić information content (AvgIpc) is 2.84. The maximum Gasteiger partial charge on any atom is 1.00 e. The van der Waals surface area contributed by atoms with E-state index in [2.05, 4.69) is 34.7 Å². The SMILES string of the molecule is CCCCCC[N+]1=C(C)C(C)(CCCS(=O)(=O)[O-])c2cc(SOO[O-])ccc21.[Na+].[Na+]. The molecule has 1 aliphatic heterocycles. The van der Waals surface area contributed by atoms with Gasteiger partial charge < -0.3 is 9.81 Å². The minimum atomic E-state index is -4.24. The molecule has 1 aliphatic rings. The van der Waals surface area contributed by atoms with Crippen molar-refractivity contribution in [2.24, 2.45) is 0 Å². The van der Waals surface area contributed by atoms with Gasteiger partial charge in [0.15, 0.2) is 5.71 Å². The molecule has 1 atom stereocenters. The van der Waals surface area contributed by atoms with Crippen LogP contribution in [0.2, 0.25) is 0 Å². The molecule has 1 heterocycles. The van der Waals surface area contributed by atoms with Gasteiger partial charge in [-0.05, 0) is 38.3 Å². The predicted molar refractivity (Wildman–Crippen MR) is 105 cm³/mol. The van der Waals surface area contributed by atoms with Crippen molar-refractivity contribution in [1.29, 1.82) is 0 Å². The molecule has 0 bridgehead atoms. The molecule has 0 fully saturated rings. The topological polar surface area (TPSA) is 102 Å². The Morgan fingerprint density at radius 1 is 1.17 bits per heavy atom. The Labute approximate surface area is 228 Å². The van der Waals surface area contributed by atoms with Crippen molar-refractivity contribution in [1.82, 2.24) is 0 Å². The Bertz CT molecular complexity index is 819. The Hall–Kier alpha value is 1.03. The summed E-state index contributed by atoms with van der Waals surface area (Å²) in [6.07, 6.45) is 5.43. The van der Waals surface area contributed by atoms with E-state index in [1.54, 1.807) is 0 Å². The van der Waals surface area contributed by atoms with E-state index < -0.39 is 10.1 Å². The predicted octanol–water partition coefficient (Wildman–Crippen LogP) is -2.79. The first-order valence-electron chi connectivity index (χ1n) is 9.55. The third kappa shape index (κ3) is 8.43. The third-order valence-electron chi connectivity index (χ3n) is 5.52. The van der Waals surface area contributed by atoms with E-state index in [0.29, 0.717) is 12.8 Å². The minimum Gasteiger partial charge on any atom is -0.748 e. The quantitative estimate of drug-likeness (QED) is 0.0611. The smallest absolute Gasteiger partial charge is 0.748 e. The van der Waals surface area contributed by atoms with Gasteiger partial charge in [0.2, 0.25) is 5.69 Å². The van der Waals surface area contributed by atoms with Crippen LogP contribution in [0.4, 0.5) is 5.69 Å². The van der Waals surface area contributed by atoms with Crippen LogP contribution < -0.4 is 64.4 Å². The molecule has 0 spiro atoms. The van der Waals surface area contributed by atoms with Gasteiger partial charge in [-0.25, -0.2) is 8.42 Å². The summed E-state index contributed by atoms with van der Waals surface area (Å²) in [5, 5.41) is 13.6. The van der Waals surface area contributed by atoms with E-state index in [4.69, 9.17) is 0 Å². The number of unbranched alkanes of at least 4 members (excludes halogenated alkanes) is 3. The van der Waals surface area contributed by atoms with Crippen LogP contribution in [-0.4, -0.2) is 35.6 Å². The Morgan fingerprint density at radius 2 is 1.87 bits per heavy atom. The summed E-state index contributed by atoms with van der Waals surface area (Å²) < 4.78 is 39.8. The van der Waals surface area contributed by atoms with Crippen LogP contribution in [0.5, 0.6) is 0 Å². The maximum absolute atomic E-state index is 11.0. The zero-order valence-electron chi connectivity index (χ0n) is 18.6. The number of hydrogen-bond acceptors (Lipinski definition) is 7. The fourth-order valence-electron chi connectivity index (χ4n) is 3.87. The molecule has 0 N–H and O–H groups in total. The van der Waals surface area contributed by atoms with E-state index in [9.17, 15) is 18.2 Å². The summed E-state index contributed by atoms with van der Waals surface area (Å²) in [5.74, 6) is -0.372. The molecule has 0 aliphatic carbocycles. The van der Waals surface area contributed by atoms with Crippen molar-refractivity contribution >= 4 is 33.6 Å². The third-order valence-corrected chi connectivity index (χ3v) is 6.88. The normalized spacial score (nSPS) is 18.0. The summed E-state index contributed by atoms with van der Waals surface area (Å²) in [4.78, 5) is 0.720. The van der Waals surface area contributed by atoms with E-state index >= 15 is 0 Å². The van der Waals surface area contributed by atoms with Crippen molar-refractivity contribution in [2.45, 2.75) is 69.6 Å². The maximum atomic E-state index is 11.0. The van der Waals surface area contributed by atoms with Crippen molar-refractivity contribution in [3.05, 3.63) is 23.8 Å². The number of hydrogen-bond donors (Lipinski definition) is 0. The Kier molecular flexibility index (Phi) is 14.8. The van der Waals surface area contributed by atoms with Gasteiger partial charge in [0.1, 0.15) is 6.54 Å². The van der Waals surface area contributed by atoms with Crippen LogP contribution >= 0.6 is 12.0 Å². The molecule has 0 amide bonds. The van der Waals surface area contributed by atoms with E-state index in [1.165, 1.54) is 12.8 Å². The van der Waals surface area contributed by atoms with Gasteiger partial charge in [-0.1, -0.05) is 19.8 Å². The van der Waals surface area contributed by atoms with Gasteiger partial charge in [0.05, 0.1) is 27.6 Å². The number of benzene rings is 1. The molecule has 0 aromatic heterocycles. The van der Waals surface area contributed by atoms with Crippen LogP contribution in [0.3, 0.4) is 0 Å². The molecule has 0 saturated heterocycles. The average molecular weight is 477 g/mol. The molecule has 1 unspecified atom stereocenters. The molecule has 158 valence electrons. The van der Waals surface area contributed by atoms with Gasteiger partial charge in [0, 0.05) is 35.6 Å². The summed E-state index contributed by atoms with van der Waals surface area (Å²) in [7, 11) is -4.24. The standard InChI is InChI=1S/C19H29NO6S2.2Na/c1-4-5-6-7-12-20-15(2)19(3,11-8-13-28(22,23)24)17-14-16(27-26-25-21)9-10-18(17)20;;/h9-10,14H,4-8,11-13H2,1-3H3,(H-,21,22,23,24);;/q;2*+1/p-1. The van der Waals surface area contributed by atoms with E-state index in [0.717, 1.165) is 53.3 Å². The number of fused-ring (bicyclic) bond motifs is 1. The van der Waals surface area contributed by atoms with Crippen molar-refractivity contribution in [2.75, 3.05) is 12.3 Å². The first-order valence-corrected chi connectivity index (χ1v) is 11.9. The monoisotopic (exact) mass is 476 g/mol. The molecule has 7 nitrogen and oxygen atoms in total. The van der Waals surface area contributed by atoms with E-state index in [-0.39, 0.29) is 70.3 Å². The van der Waals surface area contributed by atoms with Gasteiger partial charge in [-0.3, -0.25) is 5.04 Å². The molecule has 30 heavy (non-hydrogen) atoms. The first-order chi connectivity index (χ1) is 13.2. The van der Waals surface area contributed by atoms with Crippen molar-refractivity contribution in [3.8, 4) is 0 Å². The summed E-state index contributed by atoms with van der Waals surface area (Å²) >= 11 is 0.834. The summed E-state index contributed by atoms with van der Waals surface area (Å²) in [6.45, 7) is 7.21. The number of rotatable bonds is 12. The minimum absolute atomic E-state index is 0. The Morgan fingerprint density at radius 3 is 2.47 bits per heavy atom. The molecule has 0 saturated carbocycles. The molecular weight excluding hydrogens is 448 g/mol. The number of nitrogens with zero attached hydrogens (tertiary/aromatic N) is 1. The second-order valence-electron chi connectivity index (χ2n) is 7.39. The van der Waals surface area contributed by atoms with Gasteiger partial charge in [-0.15, -0.1) is 0 Å². The fraction of sp³-hybridized carbons (Fsp3) is 0.632.